The van der Waals surface area contributed by atoms with Gasteiger partial charge in [0, 0.05) is 5.02 Å². The summed E-state index contributed by atoms with van der Waals surface area (Å²) in [7, 11) is -4.25. The summed E-state index contributed by atoms with van der Waals surface area (Å²) >= 11 is 17.8. The lowest BCUT2D eigenvalue weighted by Gasteiger charge is -2.07. The van der Waals surface area contributed by atoms with E-state index in [-0.39, 0.29) is 20.6 Å². The smallest absolute Gasteiger partial charge is 0.266 e. The first-order valence-corrected chi connectivity index (χ1v) is 10.00. The molecule has 0 bridgehead atoms. The first-order chi connectivity index (χ1) is 12.7. The molecule has 27 heavy (non-hydrogen) atoms. The molecule has 7 nitrogen and oxygen atoms in total. The molecule has 1 aromatic heterocycles. The van der Waals surface area contributed by atoms with Gasteiger partial charge in [0.1, 0.15) is 4.90 Å². The zero-order valence-corrected chi connectivity index (χ0v) is 16.7. The number of carbonyl (C=O) groups excluding carboxylic acids is 1. The van der Waals surface area contributed by atoms with Crippen molar-refractivity contribution < 1.29 is 13.2 Å². The minimum atomic E-state index is -4.25. The number of nitrogens with one attached hydrogen (secondary N) is 1. The van der Waals surface area contributed by atoms with Gasteiger partial charge in [-0.05, 0) is 42.8 Å². The number of aryl methyl sites for hydroxylation is 1. The van der Waals surface area contributed by atoms with Crippen LogP contribution in [0.25, 0.3) is 5.69 Å². The van der Waals surface area contributed by atoms with Crippen LogP contribution in [0.4, 0.5) is 0 Å². The van der Waals surface area contributed by atoms with Gasteiger partial charge in [0.05, 0.1) is 21.9 Å². The second-order valence-electron chi connectivity index (χ2n) is 5.51. The summed E-state index contributed by atoms with van der Waals surface area (Å²) in [4.78, 5) is 12.0. The van der Waals surface area contributed by atoms with E-state index in [0.717, 1.165) is 11.6 Å². The largest absolute Gasteiger partial charge is 0.287 e. The minimum Gasteiger partial charge on any atom is -0.266 e. The van der Waals surface area contributed by atoms with Crippen LogP contribution < -0.4 is 4.72 Å². The van der Waals surface area contributed by atoms with Crippen molar-refractivity contribution in [2.75, 3.05) is 0 Å². The lowest BCUT2D eigenvalue weighted by Crippen LogP contribution is -2.31. The molecule has 0 saturated carbocycles. The Morgan fingerprint density at radius 2 is 1.81 bits per heavy atom. The van der Waals surface area contributed by atoms with Crippen molar-refractivity contribution >= 4 is 50.7 Å². The number of benzene rings is 2. The summed E-state index contributed by atoms with van der Waals surface area (Å²) < 4.78 is 28.0. The van der Waals surface area contributed by atoms with Gasteiger partial charge in [-0.25, -0.2) is 17.8 Å². The average Bonchev–Trinajstić information content (AvgIpc) is 3.06. The standard InChI is InChI=1S/C16H11Cl3N4O3S/c1-9-2-5-14(12(19)6-9)23-8-13(20-22-23)16(24)21-27(25,26)15-7-10(17)3-4-11(15)18/h2-8H,1H3,(H,21,24). The van der Waals surface area contributed by atoms with Gasteiger partial charge in [-0.15, -0.1) is 5.10 Å². The highest BCUT2D eigenvalue weighted by Crippen LogP contribution is 2.25. The van der Waals surface area contributed by atoms with Gasteiger partial charge in [-0.1, -0.05) is 46.1 Å². The molecule has 1 N–H and O–H groups in total. The van der Waals surface area contributed by atoms with E-state index >= 15 is 0 Å². The molecule has 1 amide bonds. The van der Waals surface area contributed by atoms with Crippen LogP contribution in [0.2, 0.25) is 15.1 Å². The van der Waals surface area contributed by atoms with E-state index in [1.807, 2.05) is 17.7 Å². The van der Waals surface area contributed by atoms with Crippen LogP contribution in [0.3, 0.4) is 0 Å². The average molecular weight is 446 g/mol. The molecular formula is C16H11Cl3N4O3S. The second-order valence-corrected chi connectivity index (χ2v) is 8.41. The van der Waals surface area contributed by atoms with Gasteiger partial charge in [-0.3, -0.25) is 4.79 Å². The van der Waals surface area contributed by atoms with Crippen LogP contribution in [0.15, 0.2) is 47.5 Å². The third-order valence-corrected chi connectivity index (χ3v) is 5.84. The lowest BCUT2D eigenvalue weighted by molar-refractivity contribution is 0.0976. The first-order valence-electron chi connectivity index (χ1n) is 7.38. The van der Waals surface area contributed by atoms with E-state index in [1.54, 1.807) is 12.1 Å². The topological polar surface area (TPSA) is 94.0 Å². The third kappa shape index (κ3) is 4.24. The Morgan fingerprint density at radius 3 is 2.52 bits per heavy atom. The SMILES string of the molecule is Cc1ccc(-n2cc(C(=O)NS(=O)(=O)c3cc(Cl)ccc3Cl)nn2)c(Cl)c1. The summed E-state index contributed by atoms with van der Waals surface area (Å²) in [6, 6.07) is 9.14. The van der Waals surface area contributed by atoms with Gasteiger partial charge in [-0.2, -0.15) is 0 Å². The maximum Gasteiger partial charge on any atom is 0.287 e. The van der Waals surface area contributed by atoms with Gasteiger partial charge in [0.25, 0.3) is 15.9 Å². The van der Waals surface area contributed by atoms with E-state index in [2.05, 4.69) is 10.3 Å². The predicted octanol–water partition coefficient (Wildman–Crippen LogP) is 3.65. The molecule has 0 aliphatic heterocycles. The molecule has 1 heterocycles. The molecule has 0 spiro atoms. The van der Waals surface area contributed by atoms with Crippen molar-refractivity contribution in [3.63, 3.8) is 0 Å². The minimum absolute atomic E-state index is 0.0743. The number of nitrogens with zero attached hydrogens (tertiary/aromatic N) is 3. The van der Waals surface area contributed by atoms with Gasteiger partial charge >= 0.3 is 0 Å². The highest BCUT2D eigenvalue weighted by Gasteiger charge is 2.24. The predicted molar refractivity (Wildman–Crippen MR) is 102 cm³/mol. The van der Waals surface area contributed by atoms with Crippen LogP contribution in [0, 0.1) is 6.92 Å². The summed E-state index contributed by atoms with van der Waals surface area (Å²) in [6.07, 6.45) is 1.26. The van der Waals surface area contributed by atoms with Crippen LogP contribution in [0.1, 0.15) is 16.1 Å². The fourth-order valence-corrected chi connectivity index (χ4v) is 4.24. The van der Waals surface area contributed by atoms with Crippen molar-refractivity contribution in [3.05, 3.63) is 68.9 Å². The van der Waals surface area contributed by atoms with Crippen LogP contribution in [-0.2, 0) is 10.0 Å². The fourth-order valence-electron chi connectivity index (χ4n) is 2.20. The molecule has 11 heteroatoms. The number of amides is 1. The molecule has 140 valence electrons. The molecule has 2 aromatic carbocycles. The van der Waals surface area contributed by atoms with Crippen molar-refractivity contribution in [1.29, 1.82) is 0 Å². The van der Waals surface area contributed by atoms with E-state index < -0.39 is 15.9 Å². The molecule has 0 atom stereocenters. The molecule has 0 unspecified atom stereocenters. The van der Waals surface area contributed by atoms with Crippen molar-refractivity contribution in [1.82, 2.24) is 19.7 Å². The normalized spacial score (nSPS) is 11.4. The Hall–Kier alpha value is -2.13. The molecule has 0 aliphatic rings. The molecule has 3 rings (SSSR count). The Morgan fingerprint density at radius 1 is 1.07 bits per heavy atom. The summed E-state index contributed by atoms with van der Waals surface area (Å²) in [6.45, 7) is 1.88. The van der Waals surface area contributed by atoms with Crippen molar-refractivity contribution in [2.45, 2.75) is 11.8 Å². The number of sulfonamides is 1. The van der Waals surface area contributed by atoms with Crippen LogP contribution >= 0.6 is 34.8 Å². The Balaban J connectivity index is 1.87. The fraction of sp³-hybridized carbons (Fsp3) is 0.0625. The molecule has 0 saturated heterocycles. The highest BCUT2D eigenvalue weighted by atomic mass is 35.5. The number of rotatable bonds is 4. The molecule has 3 aromatic rings. The number of carbonyl (C=O) groups is 1. The Labute approximate surface area is 169 Å². The van der Waals surface area contributed by atoms with Gasteiger partial charge < -0.3 is 0 Å². The maximum absolute atomic E-state index is 12.4. The van der Waals surface area contributed by atoms with Crippen LogP contribution in [-0.4, -0.2) is 29.3 Å². The molecular weight excluding hydrogens is 435 g/mol. The van der Waals surface area contributed by atoms with Gasteiger partial charge in [0.15, 0.2) is 5.69 Å². The van der Waals surface area contributed by atoms with E-state index in [1.165, 1.54) is 23.0 Å². The highest BCUT2D eigenvalue weighted by molar-refractivity contribution is 7.90. The zero-order chi connectivity index (χ0) is 19.8. The monoisotopic (exact) mass is 444 g/mol. The second kappa shape index (κ2) is 7.47. The van der Waals surface area contributed by atoms with Crippen molar-refractivity contribution in [3.8, 4) is 5.69 Å². The number of aromatic nitrogens is 3. The van der Waals surface area contributed by atoms with Crippen LogP contribution in [0.5, 0.6) is 0 Å². The number of hydrogen-bond donors (Lipinski definition) is 1. The molecule has 0 radical (unpaired) electrons. The van der Waals surface area contributed by atoms with Crippen molar-refractivity contribution in [2.24, 2.45) is 0 Å². The first kappa shape index (κ1) is 19.6. The number of halogens is 3. The third-order valence-electron chi connectivity index (χ3n) is 3.49. The number of hydrogen-bond acceptors (Lipinski definition) is 5. The maximum atomic E-state index is 12.4. The lowest BCUT2D eigenvalue weighted by atomic mass is 10.2. The summed E-state index contributed by atoms with van der Waals surface area (Å²) in [5.74, 6) is -0.972. The quantitative estimate of drug-likeness (QED) is 0.661. The summed E-state index contributed by atoms with van der Waals surface area (Å²) in [5.41, 5.74) is 1.23. The van der Waals surface area contributed by atoms with E-state index in [9.17, 15) is 13.2 Å². The van der Waals surface area contributed by atoms with E-state index in [4.69, 9.17) is 34.8 Å². The Bertz CT molecular complexity index is 1150. The molecule has 0 aliphatic carbocycles. The van der Waals surface area contributed by atoms with Gasteiger partial charge in [0.2, 0.25) is 0 Å². The summed E-state index contributed by atoms with van der Waals surface area (Å²) in [5, 5.41) is 8.00. The van der Waals surface area contributed by atoms with E-state index in [0.29, 0.717) is 10.7 Å². The molecule has 0 fully saturated rings. The zero-order valence-electron chi connectivity index (χ0n) is 13.6. The Kier molecular flexibility index (Phi) is 5.43.